The van der Waals surface area contributed by atoms with E-state index in [1.807, 2.05) is 6.08 Å². The number of hydrogen-bond acceptors (Lipinski definition) is 6. The topological polar surface area (TPSA) is 78.9 Å². The Morgan fingerprint density at radius 1 is 0.299 bits per heavy atom. The molecule has 0 N–H and O–H groups in total. The van der Waals surface area contributed by atoms with E-state index in [9.17, 15) is 14.4 Å². The lowest BCUT2D eigenvalue weighted by Gasteiger charge is -2.18. The molecule has 0 aromatic heterocycles. The van der Waals surface area contributed by atoms with Gasteiger partial charge in [-0.25, -0.2) is 0 Å². The molecule has 0 aliphatic carbocycles. The maximum absolute atomic E-state index is 12.8. The van der Waals surface area contributed by atoms with Crippen molar-refractivity contribution in [2.45, 2.75) is 284 Å². The summed E-state index contributed by atoms with van der Waals surface area (Å²) in [6, 6.07) is 0. The molecule has 0 heterocycles. The summed E-state index contributed by atoms with van der Waals surface area (Å²) in [5.41, 5.74) is 0. The second-order valence-corrected chi connectivity index (χ2v) is 18.8. The first kappa shape index (κ1) is 63.8. The summed E-state index contributed by atoms with van der Waals surface area (Å²) in [4.78, 5) is 38.0. The van der Waals surface area contributed by atoms with Gasteiger partial charge in [0.1, 0.15) is 13.2 Å². The van der Waals surface area contributed by atoms with Crippen LogP contribution in [0.1, 0.15) is 278 Å². The highest BCUT2D eigenvalue weighted by Crippen LogP contribution is 2.16. The normalized spacial score (nSPS) is 12.6. The minimum Gasteiger partial charge on any atom is -0.462 e. The van der Waals surface area contributed by atoms with Gasteiger partial charge in [-0.1, -0.05) is 254 Å². The van der Waals surface area contributed by atoms with E-state index in [0.29, 0.717) is 19.3 Å². The lowest BCUT2D eigenvalue weighted by molar-refractivity contribution is -0.166. The first-order valence-electron chi connectivity index (χ1n) is 28.4. The summed E-state index contributed by atoms with van der Waals surface area (Å²) < 4.78 is 16.8. The molecule has 0 bridgehead atoms. The third-order valence-corrected chi connectivity index (χ3v) is 12.2. The molecule has 6 heteroatoms. The maximum Gasteiger partial charge on any atom is 0.306 e. The molecule has 0 spiro atoms. The first-order valence-corrected chi connectivity index (χ1v) is 28.4. The van der Waals surface area contributed by atoms with Crippen molar-refractivity contribution >= 4 is 17.9 Å². The van der Waals surface area contributed by atoms with Crippen LogP contribution in [0.5, 0.6) is 0 Å². The zero-order valence-corrected chi connectivity index (χ0v) is 44.2. The first-order chi connectivity index (χ1) is 33.0. The standard InChI is InChI=1S/C61H106O6/c1-4-7-10-13-16-19-22-24-26-28-30-32-34-36-39-41-44-47-50-53-59(62)65-56-58(67-61(64)55-52-49-46-43-38-21-18-15-12-9-6-3)57-66-60(63)54-51-48-45-42-40-37-35-33-31-29-27-25-23-20-17-14-11-8-5-2/h15-16,18-19,24,26,30,32,36,39,44,47,58H,4-14,17,20-23,25,27-29,31,33-35,37-38,40-43,45-46,48-57H2,1-3H3/b18-15-,19-16-,26-24-,32-30-,39-36-,47-44-/t58-/m1/s1. The van der Waals surface area contributed by atoms with Crippen LogP contribution in [0, 0.1) is 0 Å². The Bertz CT molecular complexity index is 1260. The lowest BCUT2D eigenvalue weighted by Crippen LogP contribution is -2.30. The third kappa shape index (κ3) is 53.7. The van der Waals surface area contributed by atoms with Crippen molar-refractivity contribution < 1.29 is 28.6 Å². The van der Waals surface area contributed by atoms with Crippen LogP contribution in [-0.4, -0.2) is 37.2 Å². The molecule has 1 atom stereocenters. The van der Waals surface area contributed by atoms with Gasteiger partial charge in [0.15, 0.2) is 6.10 Å². The van der Waals surface area contributed by atoms with Gasteiger partial charge in [0, 0.05) is 19.3 Å². The van der Waals surface area contributed by atoms with Crippen LogP contribution in [-0.2, 0) is 28.6 Å². The molecule has 386 valence electrons. The van der Waals surface area contributed by atoms with Gasteiger partial charge in [-0.3, -0.25) is 14.4 Å². The van der Waals surface area contributed by atoms with Crippen molar-refractivity contribution in [2.75, 3.05) is 13.2 Å². The van der Waals surface area contributed by atoms with E-state index in [1.54, 1.807) is 0 Å². The van der Waals surface area contributed by atoms with Crippen molar-refractivity contribution in [3.63, 3.8) is 0 Å². The van der Waals surface area contributed by atoms with Crippen LogP contribution in [0.3, 0.4) is 0 Å². The fourth-order valence-corrected chi connectivity index (χ4v) is 7.88. The molecule has 0 aliphatic heterocycles. The minimum atomic E-state index is -0.807. The number of ether oxygens (including phenoxy) is 3. The average Bonchev–Trinajstić information content (AvgIpc) is 3.33. The zero-order chi connectivity index (χ0) is 48.6. The van der Waals surface area contributed by atoms with Gasteiger partial charge in [0.25, 0.3) is 0 Å². The van der Waals surface area contributed by atoms with Crippen LogP contribution >= 0.6 is 0 Å². The van der Waals surface area contributed by atoms with E-state index in [0.717, 1.165) is 77.0 Å². The van der Waals surface area contributed by atoms with Crippen LogP contribution in [0.15, 0.2) is 72.9 Å². The van der Waals surface area contributed by atoms with Crippen molar-refractivity contribution in [3.8, 4) is 0 Å². The summed E-state index contributed by atoms with van der Waals surface area (Å²) in [7, 11) is 0. The Balaban J connectivity index is 4.40. The van der Waals surface area contributed by atoms with Gasteiger partial charge in [-0.05, 0) is 77.0 Å². The number of allylic oxidation sites excluding steroid dienone is 12. The Kier molecular flexibility index (Phi) is 52.8. The Hall–Kier alpha value is -3.15. The molecular formula is C61H106O6. The van der Waals surface area contributed by atoms with Crippen LogP contribution < -0.4 is 0 Å². The highest BCUT2D eigenvalue weighted by atomic mass is 16.6. The molecule has 0 saturated carbocycles. The van der Waals surface area contributed by atoms with Gasteiger partial charge in [-0.15, -0.1) is 0 Å². The summed E-state index contributed by atoms with van der Waals surface area (Å²) in [6.45, 7) is 6.52. The second kappa shape index (κ2) is 55.4. The van der Waals surface area contributed by atoms with Gasteiger partial charge in [-0.2, -0.15) is 0 Å². The van der Waals surface area contributed by atoms with Crippen LogP contribution in [0.25, 0.3) is 0 Å². The molecule has 0 radical (unpaired) electrons. The highest BCUT2D eigenvalue weighted by molar-refractivity contribution is 5.71. The molecule has 67 heavy (non-hydrogen) atoms. The van der Waals surface area contributed by atoms with Crippen LogP contribution in [0.2, 0.25) is 0 Å². The molecule has 0 fully saturated rings. The van der Waals surface area contributed by atoms with Crippen molar-refractivity contribution in [3.05, 3.63) is 72.9 Å². The van der Waals surface area contributed by atoms with E-state index in [2.05, 4.69) is 87.6 Å². The van der Waals surface area contributed by atoms with E-state index in [-0.39, 0.29) is 37.5 Å². The van der Waals surface area contributed by atoms with Gasteiger partial charge < -0.3 is 14.2 Å². The number of rotatable bonds is 51. The van der Waals surface area contributed by atoms with Crippen molar-refractivity contribution in [1.82, 2.24) is 0 Å². The van der Waals surface area contributed by atoms with Crippen molar-refractivity contribution in [1.29, 1.82) is 0 Å². The summed E-state index contributed by atoms with van der Waals surface area (Å²) in [5, 5.41) is 0. The van der Waals surface area contributed by atoms with Gasteiger partial charge >= 0.3 is 17.9 Å². The molecule has 0 unspecified atom stereocenters. The molecule has 0 amide bonds. The van der Waals surface area contributed by atoms with Crippen molar-refractivity contribution in [2.24, 2.45) is 0 Å². The number of hydrogen-bond donors (Lipinski definition) is 0. The molecule has 0 aromatic rings. The monoisotopic (exact) mass is 935 g/mol. The molecule has 6 nitrogen and oxygen atoms in total. The van der Waals surface area contributed by atoms with Gasteiger partial charge in [0.2, 0.25) is 0 Å². The molecule has 0 aliphatic rings. The average molecular weight is 936 g/mol. The fraction of sp³-hybridized carbons (Fsp3) is 0.754. The van der Waals surface area contributed by atoms with E-state index in [4.69, 9.17) is 14.2 Å². The number of carbonyl (C=O) groups excluding carboxylic acids is 3. The highest BCUT2D eigenvalue weighted by Gasteiger charge is 2.19. The van der Waals surface area contributed by atoms with Crippen LogP contribution in [0.4, 0.5) is 0 Å². The SMILES string of the molecule is CCCC/C=C\CCCCCCCC(=O)O[C@H](COC(=O)CC/C=C\C/C=C\C/C=C\C/C=C\C/C=C\CCCCC)COC(=O)CCCCCCCCCCCCCCCCCCCCC. The van der Waals surface area contributed by atoms with Gasteiger partial charge in [0.05, 0.1) is 0 Å². The smallest absolute Gasteiger partial charge is 0.306 e. The Morgan fingerprint density at radius 3 is 1.01 bits per heavy atom. The Morgan fingerprint density at radius 2 is 0.582 bits per heavy atom. The van der Waals surface area contributed by atoms with E-state index in [1.165, 1.54) is 154 Å². The maximum atomic E-state index is 12.8. The lowest BCUT2D eigenvalue weighted by atomic mass is 10.0. The Labute approximate surface area is 414 Å². The summed E-state index contributed by atoms with van der Waals surface area (Å²) >= 11 is 0. The van der Waals surface area contributed by atoms with E-state index >= 15 is 0 Å². The third-order valence-electron chi connectivity index (χ3n) is 12.2. The molecular weight excluding hydrogens is 829 g/mol. The number of carbonyl (C=O) groups is 3. The molecule has 0 rings (SSSR count). The largest absolute Gasteiger partial charge is 0.462 e. The quantitative estimate of drug-likeness (QED) is 0.0262. The number of esters is 3. The number of unbranched alkanes of at least 4 members (excludes halogenated alkanes) is 28. The molecule has 0 saturated heterocycles. The second-order valence-electron chi connectivity index (χ2n) is 18.8. The molecule has 0 aromatic carbocycles. The zero-order valence-electron chi connectivity index (χ0n) is 44.2. The summed E-state index contributed by atoms with van der Waals surface area (Å²) in [5.74, 6) is -0.988. The summed E-state index contributed by atoms with van der Waals surface area (Å²) in [6.07, 6.45) is 70.5. The minimum absolute atomic E-state index is 0.0995. The predicted molar refractivity (Wildman–Crippen MR) is 288 cm³/mol. The van der Waals surface area contributed by atoms with E-state index < -0.39 is 6.10 Å². The fourth-order valence-electron chi connectivity index (χ4n) is 7.88. The predicted octanol–water partition coefficient (Wildman–Crippen LogP) is 19.0.